The second-order valence-corrected chi connectivity index (χ2v) is 2.83. The molecule has 0 fully saturated rings. The third kappa shape index (κ3) is 3.57. The van der Waals surface area contributed by atoms with Crippen LogP contribution >= 0.6 is 0 Å². The SMILES string of the molecule is CCOC(=O)/C=C/Oc1ccccc1C=O. The molecule has 0 spiro atoms. The van der Waals surface area contributed by atoms with Crippen molar-refractivity contribution in [3.63, 3.8) is 0 Å². The molecule has 0 aliphatic carbocycles. The van der Waals surface area contributed by atoms with Gasteiger partial charge in [0, 0.05) is 0 Å². The lowest BCUT2D eigenvalue weighted by atomic mass is 10.2. The van der Waals surface area contributed by atoms with Crippen LogP contribution in [0.15, 0.2) is 36.6 Å². The molecule has 0 aliphatic rings. The van der Waals surface area contributed by atoms with Crippen LogP contribution in [0.25, 0.3) is 0 Å². The summed E-state index contributed by atoms with van der Waals surface area (Å²) >= 11 is 0. The van der Waals surface area contributed by atoms with Crippen molar-refractivity contribution in [1.82, 2.24) is 0 Å². The number of rotatable bonds is 5. The summed E-state index contributed by atoms with van der Waals surface area (Å²) in [5, 5.41) is 0. The van der Waals surface area contributed by atoms with E-state index >= 15 is 0 Å². The highest BCUT2D eigenvalue weighted by atomic mass is 16.5. The number of ether oxygens (including phenoxy) is 2. The number of carbonyl (C=O) groups is 2. The Morgan fingerprint density at radius 2 is 2.12 bits per heavy atom. The minimum Gasteiger partial charge on any atom is -0.464 e. The first kappa shape index (κ1) is 12.0. The van der Waals surface area contributed by atoms with E-state index < -0.39 is 5.97 Å². The first-order valence-corrected chi connectivity index (χ1v) is 4.82. The minimum absolute atomic E-state index is 0.314. The molecule has 0 unspecified atom stereocenters. The molecule has 0 atom stereocenters. The van der Waals surface area contributed by atoms with Crippen LogP contribution in [0.3, 0.4) is 0 Å². The molecule has 0 amide bonds. The highest BCUT2D eigenvalue weighted by Gasteiger charge is 1.99. The number of esters is 1. The number of hydrogen-bond donors (Lipinski definition) is 0. The van der Waals surface area contributed by atoms with E-state index in [1.54, 1.807) is 31.2 Å². The van der Waals surface area contributed by atoms with Gasteiger partial charge in [-0.25, -0.2) is 4.79 Å². The summed E-state index contributed by atoms with van der Waals surface area (Å²) in [7, 11) is 0. The molecule has 0 heterocycles. The number of para-hydroxylation sites is 1. The molecule has 16 heavy (non-hydrogen) atoms. The third-order valence-electron chi connectivity index (χ3n) is 1.73. The second-order valence-electron chi connectivity index (χ2n) is 2.83. The maximum atomic E-state index is 10.9. The molecule has 0 radical (unpaired) electrons. The highest BCUT2D eigenvalue weighted by Crippen LogP contribution is 2.15. The number of carbonyl (C=O) groups excluding carboxylic acids is 2. The van der Waals surface area contributed by atoms with Gasteiger partial charge in [0.25, 0.3) is 0 Å². The van der Waals surface area contributed by atoms with Crippen LogP contribution in [0.4, 0.5) is 0 Å². The average molecular weight is 220 g/mol. The Bertz CT molecular complexity index is 396. The Morgan fingerprint density at radius 1 is 1.38 bits per heavy atom. The molecule has 0 saturated carbocycles. The Morgan fingerprint density at radius 3 is 2.81 bits per heavy atom. The molecule has 1 aromatic carbocycles. The van der Waals surface area contributed by atoms with Gasteiger partial charge in [-0.3, -0.25) is 4.79 Å². The summed E-state index contributed by atoms with van der Waals surface area (Å²) in [4.78, 5) is 21.6. The van der Waals surface area contributed by atoms with Crippen LogP contribution in [0.5, 0.6) is 5.75 Å². The van der Waals surface area contributed by atoms with Gasteiger partial charge in [0.1, 0.15) is 5.75 Å². The molecule has 0 saturated heterocycles. The fourth-order valence-corrected chi connectivity index (χ4v) is 1.04. The van der Waals surface area contributed by atoms with Crippen molar-refractivity contribution < 1.29 is 19.1 Å². The van der Waals surface area contributed by atoms with Crippen LogP contribution in [0.1, 0.15) is 17.3 Å². The van der Waals surface area contributed by atoms with E-state index in [1.165, 1.54) is 6.26 Å². The van der Waals surface area contributed by atoms with E-state index in [0.29, 0.717) is 24.2 Å². The summed E-state index contributed by atoms with van der Waals surface area (Å²) < 4.78 is 9.79. The monoisotopic (exact) mass is 220 g/mol. The Kier molecular flexibility index (Phi) is 4.79. The maximum Gasteiger partial charge on any atom is 0.333 e. The van der Waals surface area contributed by atoms with Gasteiger partial charge in [-0.2, -0.15) is 0 Å². The molecule has 0 bridgehead atoms. The van der Waals surface area contributed by atoms with Crippen LogP contribution < -0.4 is 4.74 Å². The van der Waals surface area contributed by atoms with Crippen molar-refractivity contribution in [3.05, 3.63) is 42.2 Å². The van der Waals surface area contributed by atoms with E-state index in [-0.39, 0.29) is 0 Å². The van der Waals surface area contributed by atoms with Gasteiger partial charge in [-0.15, -0.1) is 0 Å². The Balaban J connectivity index is 2.60. The topological polar surface area (TPSA) is 52.6 Å². The van der Waals surface area contributed by atoms with Crippen molar-refractivity contribution in [2.45, 2.75) is 6.92 Å². The van der Waals surface area contributed by atoms with Crippen LogP contribution in [-0.4, -0.2) is 18.9 Å². The smallest absolute Gasteiger partial charge is 0.333 e. The molecule has 4 heteroatoms. The third-order valence-corrected chi connectivity index (χ3v) is 1.73. The van der Waals surface area contributed by atoms with Crippen molar-refractivity contribution in [1.29, 1.82) is 0 Å². The van der Waals surface area contributed by atoms with Crippen molar-refractivity contribution in [2.24, 2.45) is 0 Å². The van der Waals surface area contributed by atoms with Gasteiger partial charge in [0.05, 0.1) is 24.5 Å². The lowest BCUT2D eigenvalue weighted by Crippen LogP contribution is -2.00. The first-order chi connectivity index (χ1) is 7.77. The zero-order valence-corrected chi connectivity index (χ0v) is 8.88. The molecular formula is C12H12O4. The lowest BCUT2D eigenvalue weighted by Gasteiger charge is -2.02. The van der Waals surface area contributed by atoms with Gasteiger partial charge < -0.3 is 9.47 Å². The molecule has 0 aromatic heterocycles. The van der Waals surface area contributed by atoms with E-state index in [9.17, 15) is 9.59 Å². The zero-order valence-electron chi connectivity index (χ0n) is 8.88. The van der Waals surface area contributed by atoms with E-state index in [1.807, 2.05) is 0 Å². The molecule has 1 rings (SSSR count). The normalized spacial score (nSPS) is 10.1. The summed E-state index contributed by atoms with van der Waals surface area (Å²) in [5.41, 5.74) is 0.427. The number of aldehydes is 1. The van der Waals surface area contributed by atoms with Crippen LogP contribution in [0, 0.1) is 0 Å². The maximum absolute atomic E-state index is 10.9. The van der Waals surface area contributed by atoms with Crippen molar-refractivity contribution in [2.75, 3.05) is 6.61 Å². The summed E-state index contributed by atoms with van der Waals surface area (Å²) in [5.74, 6) is -0.0795. The Labute approximate surface area is 93.5 Å². The lowest BCUT2D eigenvalue weighted by molar-refractivity contribution is -0.137. The van der Waals surface area contributed by atoms with Gasteiger partial charge in [-0.05, 0) is 19.1 Å². The van der Waals surface area contributed by atoms with Gasteiger partial charge in [0.2, 0.25) is 0 Å². The number of benzene rings is 1. The quantitative estimate of drug-likeness (QED) is 0.329. The largest absolute Gasteiger partial charge is 0.464 e. The van der Waals surface area contributed by atoms with E-state index in [4.69, 9.17) is 4.74 Å². The number of hydrogen-bond acceptors (Lipinski definition) is 4. The summed E-state index contributed by atoms with van der Waals surface area (Å²) in [6.45, 7) is 2.03. The van der Waals surface area contributed by atoms with Gasteiger partial charge in [0.15, 0.2) is 6.29 Å². The standard InChI is InChI=1S/C12H12O4/c1-2-15-12(14)7-8-16-11-6-4-3-5-10(11)9-13/h3-9H,2H2,1H3/b8-7+. The predicted octanol–water partition coefficient (Wildman–Crippen LogP) is 1.95. The fraction of sp³-hybridized carbons (Fsp3) is 0.167. The molecule has 1 aromatic rings. The van der Waals surface area contributed by atoms with E-state index in [2.05, 4.69) is 4.74 Å². The second kappa shape index (κ2) is 6.40. The Hall–Kier alpha value is -2.10. The first-order valence-electron chi connectivity index (χ1n) is 4.82. The molecule has 4 nitrogen and oxygen atoms in total. The van der Waals surface area contributed by atoms with Crippen LogP contribution in [0.2, 0.25) is 0 Å². The zero-order chi connectivity index (χ0) is 11.8. The molecule has 0 N–H and O–H groups in total. The summed E-state index contributed by atoms with van der Waals surface area (Å²) in [6.07, 6.45) is 3.04. The van der Waals surface area contributed by atoms with Crippen molar-refractivity contribution >= 4 is 12.3 Å². The molecule has 84 valence electrons. The highest BCUT2D eigenvalue weighted by molar-refractivity contribution is 5.82. The molecular weight excluding hydrogens is 208 g/mol. The van der Waals surface area contributed by atoms with Gasteiger partial charge in [-0.1, -0.05) is 12.1 Å². The average Bonchev–Trinajstić information content (AvgIpc) is 2.30. The van der Waals surface area contributed by atoms with Crippen molar-refractivity contribution in [3.8, 4) is 5.75 Å². The van der Waals surface area contributed by atoms with E-state index in [0.717, 1.165) is 6.08 Å². The molecule has 0 aliphatic heterocycles. The van der Waals surface area contributed by atoms with Crippen LogP contribution in [-0.2, 0) is 9.53 Å². The minimum atomic E-state index is -0.480. The summed E-state index contributed by atoms with van der Waals surface area (Å²) in [6, 6.07) is 6.73. The fourth-order valence-electron chi connectivity index (χ4n) is 1.04. The van der Waals surface area contributed by atoms with Gasteiger partial charge >= 0.3 is 5.97 Å². The predicted molar refractivity (Wildman–Crippen MR) is 58.2 cm³/mol.